The highest BCUT2D eigenvalue weighted by Crippen LogP contribution is 2.25. The number of benzene rings is 2. The van der Waals surface area contributed by atoms with Crippen molar-refractivity contribution in [3.8, 4) is 11.5 Å². The maximum absolute atomic E-state index is 11.8. The molecule has 0 aromatic heterocycles. The van der Waals surface area contributed by atoms with Crippen molar-refractivity contribution in [2.24, 2.45) is 5.10 Å². The molecule has 21 heavy (non-hydrogen) atoms. The predicted molar refractivity (Wildman–Crippen MR) is 80.9 cm³/mol. The van der Waals surface area contributed by atoms with Crippen molar-refractivity contribution in [2.75, 3.05) is 7.11 Å². The van der Waals surface area contributed by atoms with Crippen molar-refractivity contribution in [1.82, 2.24) is 5.43 Å². The normalized spacial score (nSPS) is 10.6. The third-order valence-electron chi connectivity index (χ3n) is 2.90. The molecule has 0 saturated heterocycles. The molecule has 0 spiro atoms. The summed E-state index contributed by atoms with van der Waals surface area (Å²) in [6, 6.07) is 12.0. The first-order valence-corrected chi connectivity index (χ1v) is 6.37. The standard InChI is InChI=1S/C16H16N2O3/c1-11-3-6-13(7-4-11)16(20)18-17-10-12-5-8-15(21-2)14(19)9-12/h3-10,19H,1-2H3,(H,18,20)/b17-10-. The Morgan fingerprint density at radius 3 is 2.57 bits per heavy atom. The maximum atomic E-state index is 11.8. The second-order valence-electron chi connectivity index (χ2n) is 4.50. The van der Waals surface area contributed by atoms with E-state index in [4.69, 9.17) is 4.74 Å². The number of amides is 1. The molecule has 2 rings (SSSR count). The average Bonchev–Trinajstić information content (AvgIpc) is 2.48. The van der Waals surface area contributed by atoms with E-state index in [1.54, 1.807) is 24.3 Å². The van der Waals surface area contributed by atoms with E-state index in [1.165, 1.54) is 19.4 Å². The number of carbonyl (C=O) groups excluding carboxylic acids is 1. The maximum Gasteiger partial charge on any atom is 0.271 e. The highest BCUT2D eigenvalue weighted by Gasteiger charge is 2.03. The second kappa shape index (κ2) is 6.56. The second-order valence-corrected chi connectivity index (χ2v) is 4.50. The van der Waals surface area contributed by atoms with Crippen LogP contribution in [0.1, 0.15) is 21.5 Å². The van der Waals surface area contributed by atoms with Crippen LogP contribution in [0.5, 0.6) is 11.5 Å². The summed E-state index contributed by atoms with van der Waals surface area (Å²) in [5.74, 6) is 0.117. The minimum absolute atomic E-state index is 0.0197. The molecule has 0 bridgehead atoms. The van der Waals surface area contributed by atoms with Gasteiger partial charge in [0.2, 0.25) is 0 Å². The van der Waals surface area contributed by atoms with Crippen molar-refractivity contribution in [2.45, 2.75) is 6.92 Å². The molecule has 0 fully saturated rings. The third-order valence-corrected chi connectivity index (χ3v) is 2.90. The Morgan fingerprint density at radius 2 is 1.95 bits per heavy atom. The largest absolute Gasteiger partial charge is 0.504 e. The van der Waals surface area contributed by atoms with Crippen LogP contribution in [0.25, 0.3) is 0 Å². The van der Waals surface area contributed by atoms with Gasteiger partial charge in [0, 0.05) is 5.56 Å². The van der Waals surface area contributed by atoms with Crippen molar-refractivity contribution < 1.29 is 14.6 Å². The topological polar surface area (TPSA) is 70.9 Å². The lowest BCUT2D eigenvalue weighted by atomic mass is 10.1. The van der Waals surface area contributed by atoms with Gasteiger partial charge < -0.3 is 9.84 Å². The Bertz CT molecular complexity index is 664. The summed E-state index contributed by atoms with van der Waals surface area (Å²) < 4.78 is 4.95. The summed E-state index contributed by atoms with van der Waals surface area (Å²) in [5.41, 5.74) is 4.71. The molecule has 0 heterocycles. The molecule has 0 saturated carbocycles. The Balaban J connectivity index is 2.00. The molecule has 0 atom stereocenters. The number of nitrogens with one attached hydrogen (secondary N) is 1. The highest BCUT2D eigenvalue weighted by atomic mass is 16.5. The van der Waals surface area contributed by atoms with Gasteiger partial charge >= 0.3 is 0 Å². The minimum Gasteiger partial charge on any atom is -0.504 e. The molecule has 0 unspecified atom stereocenters. The summed E-state index contributed by atoms with van der Waals surface area (Å²) in [7, 11) is 1.48. The zero-order chi connectivity index (χ0) is 15.2. The summed E-state index contributed by atoms with van der Waals surface area (Å²) in [6.07, 6.45) is 1.45. The Kier molecular flexibility index (Phi) is 4.56. The first kappa shape index (κ1) is 14.6. The van der Waals surface area contributed by atoms with Crippen LogP contribution < -0.4 is 10.2 Å². The molecule has 0 aliphatic carbocycles. The molecule has 0 aliphatic heterocycles. The van der Waals surface area contributed by atoms with E-state index < -0.39 is 0 Å². The summed E-state index contributed by atoms with van der Waals surface area (Å²) >= 11 is 0. The van der Waals surface area contributed by atoms with E-state index in [2.05, 4.69) is 10.5 Å². The Labute approximate surface area is 122 Å². The molecule has 0 radical (unpaired) electrons. The van der Waals surface area contributed by atoms with Gasteiger partial charge in [-0.25, -0.2) is 5.43 Å². The minimum atomic E-state index is -0.288. The van der Waals surface area contributed by atoms with Crippen LogP contribution in [0, 0.1) is 6.92 Å². The molecule has 1 amide bonds. The van der Waals surface area contributed by atoms with Crippen LogP contribution in [0.4, 0.5) is 0 Å². The summed E-state index contributed by atoms with van der Waals surface area (Å²) in [4.78, 5) is 11.8. The SMILES string of the molecule is COc1ccc(/C=N\NC(=O)c2ccc(C)cc2)cc1O. The van der Waals surface area contributed by atoms with Crippen LogP contribution >= 0.6 is 0 Å². The molecule has 108 valence electrons. The number of hydrazone groups is 1. The van der Waals surface area contributed by atoms with Crippen LogP contribution in [0.2, 0.25) is 0 Å². The van der Waals surface area contributed by atoms with E-state index >= 15 is 0 Å². The fourth-order valence-corrected chi connectivity index (χ4v) is 1.72. The zero-order valence-electron chi connectivity index (χ0n) is 11.8. The van der Waals surface area contributed by atoms with Crippen LogP contribution in [0.3, 0.4) is 0 Å². The highest BCUT2D eigenvalue weighted by molar-refractivity contribution is 5.94. The number of phenolic OH excluding ortho intramolecular Hbond substituents is 1. The van der Waals surface area contributed by atoms with Crippen molar-refractivity contribution in [3.63, 3.8) is 0 Å². The third kappa shape index (κ3) is 3.82. The first-order valence-electron chi connectivity index (χ1n) is 6.37. The number of rotatable bonds is 4. The molecular weight excluding hydrogens is 268 g/mol. The molecule has 5 heteroatoms. The van der Waals surface area contributed by atoms with Crippen LogP contribution in [-0.4, -0.2) is 24.3 Å². The summed E-state index contributed by atoms with van der Waals surface area (Å²) in [5, 5.41) is 13.5. The number of aromatic hydroxyl groups is 1. The van der Waals surface area contributed by atoms with Gasteiger partial charge in [0.25, 0.3) is 5.91 Å². The van der Waals surface area contributed by atoms with E-state index in [0.29, 0.717) is 16.9 Å². The van der Waals surface area contributed by atoms with E-state index in [1.807, 2.05) is 19.1 Å². The summed E-state index contributed by atoms with van der Waals surface area (Å²) in [6.45, 7) is 1.95. The Morgan fingerprint density at radius 1 is 1.24 bits per heavy atom. The lowest BCUT2D eigenvalue weighted by Crippen LogP contribution is -2.17. The predicted octanol–water partition coefficient (Wildman–Crippen LogP) is 2.47. The van der Waals surface area contributed by atoms with Crippen LogP contribution in [0.15, 0.2) is 47.6 Å². The van der Waals surface area contributed by atoms with Gasteiger partial charge in [-0.05, 0) is 42.8 Å². The number of hydrogen-bond donors (Lipinski definition) is 2. The lowest BCUT2D eigenvalue weighted by Gasteiger charge is -2.03. The van der Waals surface area contributed by atoms with Crippen LogP contribution in [-0.2, 0) is 0 Å². The fourth-order valence-electron chi connectivity index (χ4n) is 1.72. The van der Waals surface area contributed by atoms with Gasteiger partial charge in [0.15, 0.2) is 11.5 Å². The molecule has 5 nitrogen and oxygen atoms in total. The van der Waals surface area contributed by atoms with E-state index in [0.717, 1.165) is 5.56 Å². The van der Waals surface area contributed by atoms with Crippen molar-refractivity contribution in [3.05, 3.63) is 59.2 Å². The van der Waals surface area contributed by atoms with Gasteiger partial charge in [-0.2, -0.15) is 5.10 Å². The van der Waals surface area contributed by atoms with Gasteiger partial charge in [-0.1, -0.05) is 17.7 Å². The van der Waals surface area contributed by atoms with Gasteiger partial charge in [0.05, 0.1) is 13.3 Å². The van der Waals surface area contributed by atoms with E-state index in [9.17, 15) is 9.90 Å². The molecular formula is C16H16N2O3. The molecule has 0 aliphatic rings. The van der Waals surface area contributed by atoms with Gasteiger partial charge in [-0.15, -0.1) is 0 Å². The average molecular weight is 284 g/mol. The molecule has 2 aromatic rings. The monoisotopic (exact) mass is 284 g/mol. The number of nitrogens with zero attached hydrogens (tertiary/aromatic N) is 1. The zero-order valence-corrected chi connectivity index (χ0v) is 11.8. The number of ether oxygens (including phenoxy) is 1. The lowest BCUT2D eigenvalue weighted by molar-refractivity contribution is 0.0955. The first-order chi connectivity index (χ1) is 10.1. The quantitative estimate of drug-likeness (QED) is 0.669. The smallest absolute Gasteiger partial charge is 0.271 e. The number of phenols is 1. The number of aryl methyl sites for hydroxylation is 1. The van der Waals surface area contributed by atoms with Gasteiger partial charge in [0.1, 0.15) is 0 Å². The molecule has 2 aromatic carbocycles. The number of methoxy groups -OCH3 is 1. The molecule has 2 N–H and O–H groups in total. The van der Waals surface area contributed by atoms with Crippen molar-refractivity contribution in [1.29, 1.82) is 0 Å². The van der Waals surface area contributed by atoms with Gasteiger partial charge in [-0.3, -0.25) is 4.79 Å². The fraction of sp³-hybridized carbons (Fsp3) is 0.125. The number of hydrogen-bond acceptors (Lipinski definition) is 4. The van der Waals surface area contributed by atoms with E-state index in [-0.39, 0.29) is 11.7 Å². The number of carbonyl (C=O) groups is 1. The Hall–Kier alpha value is -2.82. The van der Waals surface area contributed by atoms with Crippen molar-refractivity contribution >= 4 is 12.1 Å².